The Balaban J connectivity index is 2.30. The summed E-state index contributed by atoms with van der Waals surface area (Å²) in [6.45, 7) is 8.66. The van der Waals surface area contributed by atoms with E-state index >= 15 is 0 Å². The molecule has 0 aliphatic carbocycles. The normalized spacial score (nSPS) is 13.3. The maximum Gasteiger partial charge on any atom is 0.237 e. The molecule has 0 saturated heterocycles. The molecular formula is C13H25N5O. The van der Waals surface area contributed by atoms with Crippen LogP contribution in [0.5, 0.6) is 0 Å². The van der Waals surface area contributed by atoms with Gasteiger partial charge in [-0.25, -0.2) is 4.98 Å². The van der Waals surface area contributed by atoms with Crippen molar-refractivity contribution in [2.24, 2.45) is 7.05 Å². The average molecular weight is 267 g/mol. The molecule has 1 atom stereocenters. The van der Waals surface area contributed by atoms with Crippen LogP contribution in [-0.4, -0.2) is 38.8 Å². The zero-order chi connectivity index (χ0) is 14.5. The maximum atomic E-state index is 12.0. The third-order valence-corrected chi connectivity index (χ3v) is 3.18. The summed E-state index contributed by atoms with van der Waals surface area (Å²) in [6, 6.07) is -0.213. The number of rotatable bonds is 7. The molecule has 1 aromatic heterocycles. The van der Waals surface area contributed by atoms with Crippen molar-refractivity contribution in [3.05, 3.63) is 12.2 Å². The van der Waals surface area contributed by atoms with E-state index < -0.39 is 0 Å². The Hall–Kier alpha value is -1.43. The number of hydrogen-bond donors (Lipinski definition) is 2. The van der Waals surface area contributed by atoms with E-state index in [1.54, 1.807) is 11.0 Å². The Kier molecular flexibility index (Phi) is 5.47. The number of hydrogen-bond acceptors (Lipinski definition) is 4. The lowest BCUT2D eigenvalue weighted by molar-refractivity contribution is -0.124. The van der Waals surface area contributed by atoms with Crippen LogP contribution in [0.2, 0.25) is 0 Å². The van der Waals surface area contributed by atoms with Gasteiger partial charge in [0.1, 0.15) is 6.33 Å². The van der Waals surface area contributed by atoms with Crippen molar-refractivity contribution in [3.63, 3.8) is 0 Å². The van der Waals surface area contributed by atoms with Crippen molar-refractivity contribution in [2.45, 2.75) is 52.1 Å². The summed E-state index contributed by atoms with van der Waals surface area (Å²) < 4.78 is 1.68. The topological polar surface area (TPSA) is 71.8 Å². The minimum Gasteiger partial charge on any atom is -0.350 e. The fraction of sp³-hybridized carbons (Fsp3) is 0.769. The van der Waals surface area contributed by atoms with Gasteiger partial charge in [0.05, 0.1) is 6.04 Å². The summed E-state index contributed by atoms with van der Waals surface area (Å²) in [7, 11) is 1.84. The number of aromatic nitrogens is 3. The highest BCUT2D eigenvalue weighted by atomic mass is 16.2. The quantitative estimate of drug-likeness (QED) is 0.760. The van der Waals surface area contributed by atoms with Gasteiger partial charge in [-0.05, 0) is 27.2 Å². The number of nitrogens with zero attached hydrogens (tertiary/aromatic N) is 3. The highest BCUT2D eigenvalue weighted by Crippen LogP contribution is 2.06. The van der Waals surface area contributed by atoms with Crippen LogP contribution in [-0.2, 0) is 18.3 Å². The molecule has 0 bridgehead atoms. The number of carbonyl (C=O) groups is 1. The first-order valence-corrected chi connectivity index (χ1v) is 6.74. The molecule has 19 heavy (non-hydrogen) atoms. The summed E-state index contributed by atoms with van der Waals surface area (Å²) >= 11 is 0. The second kappa shape index (κ2) is 6.65. The second-order valence-electron chi connectivity index (χ2n) is 5.49. The van der Waals surface area contributed by atoms with Crippen LogP contribution in [0.3, 0.4) is 0 Å². The molecule has 1 rings (SSSR count). The fourth-order valence-corrected chi connectivity index (χ4v) is 1.52. The molecule has 1 unspecified atom stereocenters. The molecule has 2 N–H and O–H groups in total. The molecule has 0 aliphatic rings. The molecule has 0 aliphatic heterocycles. The van der Waals surface area contributed by atoms with Crippen LogP contribution >= 0.6 is 0 Å². The van der Waals surface area contributed by atoms with E-state index in [0.717, 1.165) is 18.7 Å². The van der Waals surface area contributed by atoms with E-state index in [4.69, 9.17) is 0 Å². The van der Waals surface area contributed by atoms with Crippen molar-refractivity contribution in [1.82, 2.24) is 25.4 Å². The van der Waals surface area contributed by atoms with Gasteiger partial charge in [-0.2, -0.15) is 5.10 Å². The summed E-state index contributed by atoms with van der Waals surface area (Å²) in [5.74, 6) is 0.817. The van der Waals surface area contributed by atoms with Crippen LogP contribution in [0.25, 0.3) is 0 Å². The number of nitrogens with one attached hydrogen (secondary N) is 2. The third kappa shape index (κ3) is 5.38. The second-order valence-corrected chi connectivity index (χ2v) is 5.49. The first-order valence-electron chi connectivity index (χ1n) is 6.74. The van der Waals surface area contributed by atoms with Crippen LogP contribution in [0.15, 0.2) is 6.33 Å². The van der Waals surface area contributed by atoms with E-state index in [-0.39, 0.29) is 17.5 Å². The highest BCUT2D eigenvalue weighted by molar-refractivity contribution is 5.81. The first kappa shape index (κ1) is 15.6. The molecule has 0 radical (unpaired) electrons. The summed E-state index contributed by atoms with van der Waals surface area (Å²) in [5, 5.41) is 10.4. The minimum atomic E-state index is -0.213. The average Bonchev–Trinajstić information content (AvgIpc) is 2.74. The Morgan fingerprint density at radius 1 is 1.53 bits per heavy atom. The fourth-order valence-electron chi connectivity index (χ4n) is 1.52. The highest BCUT2D eigenvalue weighted by Gasteiger charge is 2.21. The molecule has 0 saturated carbocycles. The van der Waals surface area contributed by atoms with Crippen molar-refractivity contribution in [1.29, 1.82) is 0 Å². The maximum absolute atomic E-state index is 12.0. The van der Waals surface area contributed by atoms with Crippen molar-refractivity contribution < 1.29 is 4.79 Å². The van der Waals surface area contributed by atoms with Gasteiger partial charge in [-0.15, -0.1) is 0 Å². The van der Waals surface area contributed by atoms with E-state index in [1.165, 1.54) is 0 Å². The summed E-state index contributed by atoms with van der Waals surface area (Å²) in [6.07, 6.45) is 3.30. The Morgan fingerprint density at radius 2 is 2.21 bits per heavy atom. The molecule has 6 nitrogen and oxygen atoms in total. The smallest absolute Gasteiger partial charge is 0.237 e. The third-order valence-electron chi connectivity index (χ3n) is 3.18. The number of amides is 1. The van der Waals surface area contributed by atoms with E-state index in [9.17, 15) is 4.79 Å². The summed E-state index contributed by atoms with van der Waals surface area (Å²) in [4.78, 5) is 16.1. The van der Waals surface area contributed by atoms with Gasteiger partial charge < -0.3 is 10.6 Å². The first-order chi connectivity index (χ1) is 8.84. The van der Waals surface area contributed by atoms with Gasteiger partial charge in [-0.3, -0.25) is 9.48 Å². The molecule has 0 spiro atoms. The predicted octanol–water partition coefficient (Wildman–Crippen LogP) is 0.641. The molecule has 0 aromatic carbocycles. The van der Waals surface area contributed by atoms with Crippen molar-refractivity contribution in [3.8, 4) is 0 Å². The van der Waals surface area contributed by atoms with E-state index in [0.29, 0.717) is 6.54 Å². The lowest BCUT2D eigenvalue weighted by atomic mass is 10.0. The molecule has 1 aromatic rings. The van der Waals surface area contributed by atoms with Gasteiger partial charge in [0.25, 0.3) is 0 Å². The molecule has 1 heterocycles. The molecule has 6 heteroatoms. The van der Waals surface area contributed by atoms with Gasteiger partial charge >= 0.3 is 0 Å². The van der Waals surface area contributed by atoms with Gasteiger partial charge in [0.15, 0.2) is 5.82 Å². The van der Waals surface area contributed by atoms with Crippen molar-refractivity contribution in [2.75, 3.05) is 6.54 Å². The SMILES string of the molecule is CCC(C)(C)NC(=O)C(C)NCCc1ncn(C)n1. The van der Waals surface area contributed by atoms with E-state index in [1.807, 2.05) is 27.8 Å². The molecular weight excluding hydrogens is 242 g/mol. The van der Waals surface area contributed by atoms with Crippen molar-refractivity contribution >= 4 is 5.91 Å². The van der Waals surface area contributed by atoms with Crippen LogP contribution in [0.1, 0.15) is 39.9 Å². The minimum absolute atomic E-state index is 0.0285. The molecule has 108 valence electrons. The van der Waals surface area contributed by atoms with Crippen LogP contribution in [0.4, 0.5) is 0 Å². The summed E-state index contributed by atoms with van der Waals surface area (Å²) in [5.41, 5.74) is -0.157. The Bertz CT molecular complexity index is 413. The van der Waals surface area contributed by atoms with E-state index in [2.05, 4.69) is 27.6 Å². The number of aryl methyl sites for hydroxylation is 1. The monoisotopic (exact) mass is 267 g/mol. The number of carbonyl (C=O) groups excluding carboxylic acids is 1. The lowest BCUT2D eigenvalue weighted by Gasteiger charge is -2.26. The van der Waals surface area contributed by atoms with Gasteiger partial charge in [0.2, 0.25) is 5.91 Å². The van der Waals surface area contributed by atoms with Crippen LogP contribution in [0, 0.1) is 0 Å². The molecule has 1 amide bonds. The van der Waals surface area contributed by atoms with Gasteiger partial charge in [0, 0.05) is 25.6 Å². The Labute approximate surface area is 115 Å². The standard InChI is InChI=1S/C13H25N5O/c1-6-13(3,4)16-12(19)10(2)14-8-7-11-15-9-18(5)17-11/h9-10,14H,6-8H2,1-5H3,(H,16,19). The molecule has 0 fully saturated rings. The zero-order valence-electron chi connectivity index (χ0n) is 12.5. The van der Waals surface area contributed by atoms with Crippen LogP contribution < -0.4 is 10.6 Å². The predicted molar refractivity (Wildman–Crippen MR) is 74.7 cm³/mol. The van der Waals surface area contributed by atoms with Gasteiger partial charge in [-0.1, -0.05) is 6.92 Å². The zero-order valence-corrected chi connectivity index (χ0v) is 12.5. The largest absolute Gasteiger partial charge is 0.350 e. The Morgan fingerprint density at radius 3 is 2.74 bits per heavy atom. The lowest BCUT2D eigenvalue weighted by Crippen LogP contribution is -2.51.